The van der Waals surface area contributed by atoms with Gasteiger partial charge in [-0.2, -0.15) is 0 Å². The van der Waals surface area contributed by atoms with Crippen LogP contribution in [0, 0.1) is 5.41 Å². The van der Waals surface area contributed by atoms with Crippen LogP contribution in [0.4, 0.5) is 0 Å². The predicted molar refractivity (Wildman–Crippen MR) is 62.8 cm³/mol. The van der Waals surface area contributed by atoms with Crippen LogP contribution < -0.4 is 5.32 Å². The summed E-state index contributed by atoms with van der Waals surface area (Å²) >= 11 is 0. The number of aliphatic hydroxyl groups is 1. The Morgan fingerprint density at radius 1 is 1.07 bits per heavy atom. The molecule has 0 bridgehead atoms. The van der Waals surface area contributed by atoms with Gasteiger partial charge in [-0.3, -0.25) is 0 Å². The van der Waals surface area contributed by atoms with E-state index in [2.05, 4.69) is 19.2 Å². The van der Waals surface area contributed by atoms with Crippen molar-refractivity contribution in [2.24, 2.45) is 5.41 Å². The predicted octanol–water partition coefficient (Wildman–Crippen LogP) is 2.46. The molecule has 15 heavy (non-hydrogen) atoms. The Kier molecular flexibility index (Phi) is 3.36. The minimum Gasteiger partial charge on any atom is -0.392 e. The summed E-state index contributed by atoms with van der Waals surface area (Å²) in [6.45, 7) is 4.73. The lowest BCUT2D eigenvalue weighted by atomic mass is 9.73. The van der Waals surface area contributed by atoms with Gasteiger partial charge in [-0.15, -0.1) is 0 Å². The Hall–Kier alpha value is -0.0800. The highest BCUT2D eigenvalue weighted by atomic mass is 16.3. The van der Waals surface area contributed by atoms with Crippen LogP contribution in [0.25, 0.3) is 0 Å². The van der Waals surface area contributed by atoms with Gasteiger partial charge in [-0.1, -0.05) is 26.7 Å². The maximum Gasteiger partial charge on any atom is 0.0693 e. The Balaban J connectivity index is 1.92. The maximum atomic E-state index is 9.83. The van der Waals surface area contributed by atoms with Crippen molar-refractivity contribution in [2.75, 3.05) is 0 Å². The Bertz CT molecular complexity index is 215. The first kappa shape index (κ1) is 11.4. The van der Waals surface area contributed by atoms with Gasteiger partial charge in [-0.05, 0) is 37.5 Å². The molecule has 2 aliphatic rings. The Morgan fingerprint density at radius 3 is 2.47 bits per heavy atom. The normalized spacial score (nSPS) is 40.6. The Morgan fingerprint density at radius 2 is 1.87 bits per heavy atom. The summed E-state index contributed by atoms with van der Waals surface area (Å²) in [5.74, 6) is 0. The van der Waals surface area contributed by atoms with Crippen LogP contribution >= 0.6 is 0 Å². The first-order valence-electron chi connectivity index (χ1n) is 6.54. The van der Waals surface area contributed by atoms with Gasteiger partial charge < -0.3 is 10.4 Å². The highest BCUT2D eigenvalue weighted by molar-refractivity contribution is 4.93. The Labute approximate surface area is 93.5 Å². The van der Waals surface area contributed by atoms with E-state index in [0.29, 0.717) is 17.5 Å². The monoisotopic (exact) mass is 211 g/mol. The molecule has 2 N–H and O–H groups in total. The first-order valence-corrected chi connectivity index (χ1v) is 6.54. The number of nitrogens with one attached hydrogen (secondary N) is 1. The quantitative estimate of drug-likeness (QED) is 0.735. The zero-order valence-corrected chi connectivity index (χ0v) is 10.1. The summed E-state index contributed by atoms with van der Waals surface area (Å²) in [5.41, 5.74) is 0.417. The SMILES string of the molecule is CC1(C)CCCCC1NC1CCCC1O. The van der Waals surface area contributed by atoms with E-state index in [1.54, 1.807) is 0 Å². The van der Waals surface area contributed by atoms with Crippen LogP contribution in [0.3, 0.4) is 0 Å². The molecule has 0 amide bonds. The second-order valence-electron chi connectivity index (χ2n) is 6.06. The summed E-state index contributed by atoms with van der Waals surface area (Å²) in [4.78, 5) is 0. The maximum absolute atomic E-state index is 9.83. The van der Waals surface area contributed by atoms with Gasteiger partial charge in [0.2, 0.25) is 0 Å². The fourth-order valence-electron chi connectivity index (χ4n) is 3.20. The molecule has 0 radical (unpaired) electrons. The lowest BCUT2D eigenvalue weighted by molar-refractivity contribution is 0.103. The van der Waals surface area contributed by atoms with E-state index in [9.17, 15) is 5.11 Å². The molecule has 0 aromatic carbocycles. The number of aliphatic hydroxyl groups excluding tert-OH is 1. The molecule has 3 unspecified atom stereocenters. The van der Waals surface area contributed by atoms with E-state index in [0.717, 1.165) is 12.8 Å². The van der Waals surface area contributed by atoms with Crippen LogP contribution in [0.5, 0.6) is 0 Å². The summed E-state index contributed by atoms with van der Waals surface area (Å²) in [6, 6.07) is 0.983. The second kappa shape index (κ2) is 4.42. The largest absolute Gasteiger partial charge is 0.392 e. The zero-order chi connectivity index (χ0) is 10.9. The number of hydrogen-bond donors (Lipinski definition) is 2. The molecule has 88 valence electrons. The molecule has 2 saturated carbocycles. The molecule has 0 aliphatic heterocycles. The van der Waals surface area contributed by atoms with Gasteiger partial charge in [0.05, 0.1) is 6.10 Å². The second-order valence-corrected chi connectivity index (χ2v) is 6.06. The van der Waals surface area contributed by atoms with Crippen LogP contribution in [0.15, 0.2) is 0 Å². The molecule has 0 heterocycles. The van der Waals surface area contributed by atoms with Gasteiger partial charge in [0.25, 0.3) is 0 Å². The molecule has 0 saturated heterocycles. The van der Waals surface area contributed by atoms with E-state index in [1.807, 2.05) is 0 Å². The fraction of sp³-hybridized carbons (Fsp3) is 1.00. The molecular formula is C13H25NO. The van der Waals surface area contributed by atoms with Gasteiger partial charge in [0.15, 0.2) is 0 Å². The minimum absolute atomic E-state index is 0.0947. The average Bonchev–Trinajstić information content (AvgIpc) is 2.56. The minimum atomic E-state index is -0.0947. The van der Waals surface area contributed by atoms with Gasteiger partial charge in [0, 0.05) is 12.1 Å². The third-order valence-corrected chi connectivity index (χ3v) is 4.40. The van der Waals surface area contributed by atoms with Crippen molar-refractivity contribution in [3.63, 3.8) is 0 Å². The smallest absolute Gasteiger partial charge is 0.0693 e. The highest BCUT2D eigenvalue weighted by Crippen LogP contribution is 2.36. The van der Waals surface area contributed by atoms with E-state index in [-0.39, 0.29) is 6.10 Å². The van der Waals surface area contributed by atoms with E-state index in [1.165, 1.54) is 32.1 Å². The van der Waals surface area contributed by atoms with E-state index in [4.69, 9.17) is 0 Å². The average molecular weight is 211 g/mol. The molecule has 2 fully saturated rings. The molecule has 0 aromatic rings. The van der Waals surface area contributed by atoms with Crippen molar-refractivity contribution >= 4 is 0 Å². The molecule has 2 nitrogen and oxygen atoms in total. The molecule has 0 spiro atoms. The van der Waals surface area contributed by atoms with Crippen molar-refractivity contribution in [1.82, 2.24) is 5.32 Å². The third kappa shape index (κ3) is 2.54. The summed E-state index contributed by atoms with van der Waals surface area (Å²) in [6.07, 6.45) is 8.58. The van der Waals surface area contributed by atoms with Gasteiger partial charge in [0.1, 0.15) is 0 Å². The lowest BCUT2D eigenvalue weighted by Crippen LogP contribution is -2.50. The molecule has 2 rings (SSSR count). The van der Waals surface area contributed by atoms with Crippen molar-refractivity contribution < 1.29 is 5.11 Å². The molecule has 2 aliphatic carbocycles. The molecule has 2 heteroatoms. The van der Waals surface area contributed by atoms with Crippen molar-refractivity contribution in [3.8, 4) is 0 Å². The third-order valence-electron chi connectivity index (χ3n) is 4.40. The van der Waals surface area contributed by atoms with Crippen LogP contribution in [-0.2, 0) is 0 Å². The van der Waals surface area contributed by atoms with Crippen LogP contribution in [0.2, 0.25) is 0 Å². The van der Waals surface area contributed by atoms with Crippen molar-refractivity contribution in [1.29, 1.82) is 0 Å². The first-order chi connectivity index (χ1) is 7.09. The molecule has 0 aromatic heterocycles. The summed E-state index contributed by atoms with van der Waals surface area (Å²) < 4.78 is 0. The topological polar surface area (TPSA) is 32.3 Å². The van der Waals surface area contributed by atoms with Crippen LogP contribution in [0.1, 0.15) is 58.8 Å². The van der Waals surface area contributed by atoms with Gasteiger partial charge in [-0.25, -0.2) is 0 Å². The van der Waals surface area contributed by atoms with Crippen molar-refractivity contribution in [3.05, 3.63) is 0 Å². The van der Waals surface area contributed by atoms with Gasteiger partial charge >= 0.3 is 0 Å². The highest BCUT2D eigenvalue weighted by Gasteiger charge is 2.35. The lowest BCUT2D eigenvalue weighted by Gasteiger charge is -2.41. The standard InChI is InChI=1S/C13H25NO/c1-13(2)9-4-3-8-12(13)14-10-6-5-7-11(10)15/h10-12,14-15H,3-9H2,1-2H3. The number of rotatable bonds is 2. The van der Waals surface area contributed by atoms with Crippen molar-refractivity contribution in [2.45, 2.75) is 77.0 Å². The summed E-state index contributed by atoms with van der Waals surface area (Å²) in [5, 5.41) is 13.5. The van der Waals surface area contributed by atoms with E-state index < -0.39 is 0 Å². The van der Waals surface area contributed by atoms with E-state index >= 15 is 0 Å². The number of hydrogen-bond acceptors (Lipinski definition) is 2. The zero-order valence-electron chi connectivity index (χ0n) is 10.1. The fourth-order valence-corrected chi connectivity index (χ4v) is 3.20. The molecular weight excluding hydrogens is 186 g/mol. The molecule has 3 atom stereocenters. The van der Waals surface area contributed by atoms with Crippen LogP contribution in [-0.4, -0.2) is 23.3 Å². The summed E-state index contributed by atoms with van der Waals surface area (Å²) in [7, 11) is 0.